The summed E-state index contributed by atoms with van der Waals surface area (Å²) >= 11 is 0. The number of benzene rings is 1. The molecule has 0 saturated heterocycles. The Labute approximate surface area is 109 Å². The number of hydrogen-bond donors (Lipinski definition) is 2. The van der Waals surface area contributed by atoms with Gasteiger partial charge in [-0.15, -0.1) is 0 Å². The lowest BCUT2D eigenvalue weighted by atomic mass is 10.0. The van der Waals surface area contributed by atoms with Crippen molar-refractivity contribution >= 4 is 11.7 Å². The number of allylic oxidation sites excluding steroid dienone is 1. The van der Waals surface area contributed by atoms with Gasteiger partial charge in [0.05, 0.1) is 0 Å². The van der Waals surface area contributed by atoms with E-state index in [2.05, 4.69) is 36.6 Å². The third-order valence-corrected chi connectivity index (χ3v) is 2.73. The van der Waals surface area contributed by atoms with Crippen molar-refractivity contribution in [1.29, 1.82) is 0 Å². The van der Waals surface area contributed by atoms with Crippen LogP contribution >= 0.6 is 0 Å². The molecule has 0 aliphatic carbocycles. The molecule has 0 aliphatic heterocycles. The first-order valence-corrected chi connectivity index (χ1v) is 6.40. The van der Waals surface area contributed by atoms with Gasteiger partial charge in [0.2, 0.25) is 0 Å². The van der Waals surface area contributed by atoms with Crippen molar-refractivity contribution in [2.75, 3.05) is 5.32 Å². The minimum Gasteiger partial charge on any atom is -0.314 e. The standard InChI is InChI=1S/C15H22N2O/c1-5-12-8-7-9-13(6-2)14(12)17-15(18)16-10-11(3)4/h7-10H,5-6H2,1-4H3,(H2,16,17,18). The molecule has 0 unspecified atom stereocenters. The topological polar surface area (TPSA) is 41.1 Å². The molecule has 0 radical (unpaired) electrons. The molecule has 0 aromatic heterocycles. The van der Waals surface area contributed by atoms with E-state index in [-0.39, 0.29) is 6.03 Å². The highest BCUT2D eigenvalue weighted by Gasteiger charge is 2.08. The molecule has 0 heterocycles. The number of anilines is 1. The van der Waals surface area contributed by atoms with Crippen LogP contribution in [0.4, 0.5) is 10.5 Å². The van der Waals surface area contributed by atoms with Crippen LogP contribution in [0.15, 0.2) is 30.0 Å². The Balaban J connectivity index is 2.88. The molecule has 0 spiro atoms. The highest BCUT2D eigenvalue weighted by molar-refractivity contribution is 5.91. The number of urea groups is 1. The summed E-state index contributed by atoms with van der Waals surface area (Å²) in [4.78, 5) is 11.8. The summed E-state index contributed by atoms with van der Waals surface area (Å²) in [5.41, 5.74) is 4.34. The largest absolute Gasteiger partial charge is 0.323 e. The van der Waals surface area contributed by atoms with Gasteiger partial charge in [0.1, 0.15) is 0 Å². The number of carbonyl (C=O) groups excluding carboxylic acids is 1. The SMILES string of the molecule is CCc1cccc(CC)c1NC(=O)NC=C(C)C. The Morgan fingerprint density at radius 1 is 1.17 bits per heavy atom. The first-order chi connectivity index (χ1) is 8.58. The third-order valence-electron chi connectivity index (χ3n) is 2.73. The van der Waals surface area contributed by atoms with Crippen molar-refractivity contribution in [2.24, 2.45) is 0 Å². The number of hydrogen-bond acceptors (Lipinski definition) is 1. The van der Waals surface area contributed by atoms with E-state index in [1.807, 2.05) is 19.9 Å². The van der Waals surface area contributed by atoms with Gasteiger partial charge in [-0.25, -0.2) is 4.79 Å². The molecule has 3 heteroatoms. The van der Waals surface area contributed by atoms with E-state index in [0.29, 0.717) is 0 Å². The van der Waals surface area contributed by atoms with Gasteiger partial charge in [0.15, 0.2) is 0 Å². The minimum absolute atomic E-state index is 0.188. The third kappa shape index (κ3) is 3.91. The predicted molar refractivity (Wildman–Crippen MR) is 76.8 cm³/mol. The Bertz CT molecular complexity index is 424. The summed E-state index contributed by atoms with van der Waals surface area (Å²) in [7, 11) is 0. The summed E-state index contributed by atoms with van der Waals surface area (Å²) in [6.45, 7) is 8.07. The summed E-state index contributed by atoms with van der Waals surface area (Å²) < 4.78 is 0. The van der Waals surface area contributed by atoms with E-state index < -0.39 is 0 Å². The van der Waals surface area contributed by atoms with Gasteiger partial charge in [-0.1, -0.05) is 37.6 Å². The molecule has 98 valence electrons. The normalized spacial score (nSPS) is 9.78. The molecule has 3 nitrogen and oxygen atoms in total. The Hall–Kier alpha value is -1.77. The number of aryl methyl sites for hydroxylation is 2. The molecule has 1 aromatic carbocycles. The second-order valence-electron chi connectivity index (χ2n) is 4.48. The van der Waals surface area contributed by atoms with Gasteiger partial charge in [0.25, 0.3) is 0 Å². The summed E-state index contributed by atoms with van der Waals surface area (Å²) in [5.74, 6) is 0. The van der Waals surface area contributed by atoms with Gasteiger partial charge in [-0.3, -0.25) is 0 Å². The average Bonchev–Trinajstić information content (AvgIpc) is 2.36. The monoisotopic (exact) mass is 246 g/mol. The van der Waals surface area contributed by atoms with Crippen LogP contribution in [0.25, 0.3) is 0 Å². The van der Waals surface area contributed by atoms with Gasteiger partial charge in [-0.2, -0.15) is 0 Å². The fourth-order valence-corrected chi connectivity index (χ4v) is 1.76. The molecule has 18 heavy (non-hydrogen) atoms. The van der Waals surface area contributed by atoms with Crippen LogP contribution in [0.5, 0.6) is 0 Å². The highest BCUT2D eigenvalue weighted by atomic mass is 16.2. The molecule has 0 aliphatic rings. The summed E-state index contributed by atoms with van der Waals surface area (Å²) in [5, 5.41) is 5.66. The molecule has 1 aromatic rings. The molecule has 2 N–H and O–H groups in total. The van der Waals surface area contributed by atoms with Crippen LogP contribution in [-0.4, -0.2) is 6.03 Å². The summed E-state index contributed by atoms with van der Waals surface area (Å²) in [6, 6.07) is 5.95. The second kappa shape index (κ2) is 6.84. The molecule has 0 fully saturated rings. The maximum Gasteiger partial charge on any atom is 0.323 e. The first-order valence-electron chi connectivity index (χ1n) is 6.40. The van der Waals surface area contributed by atoms with E-state index in [0.717, 1.165) is 24.1 Å². The van der Waals surface area contributed by atoms with E-state index in [1.54, 1.807) is 6.20 Å². The van der Waals surface area contributed by atoms with Gasteiger partial charge in [0, 0.05) is 11.9 Å². The highest BCUT2D eigenvalue weighted by Crippen LogP contribution is 2.22. The Kier molecular flexibility index (Phi) is 5.43. The zero-order valence-corrected chi connectivity index (χ0v) is 11.6. The van der Waals surface area contributed by atoms with Crippen molar-refractivity contribution in [1.82, 2.24) is 5.32 Å². The van der Waals surface area contributed by atoms with Crippen molar-refractivity contribution in [3.05, 3.63) is 41.1 Å². The maximum atomic E-state index is 11.8. The number of carbonyl (C=O) groups is 1. The molecule has 0 saturated carbocycles. The van der Waals surface area contributed by atoms with E-state index >= 15 is 0 Å². The lowest BCUT2D eigenvalue weighted by Gasteiger charge is -2.14. The predicted octanol–water partition coefficient (Wildman–Crippen LogP) is 3.86. The zero-order valence-electron chi connectivity index (χ0n) is 11.6. The maximum absolute atomic E-state index is 11.8. The van der Waals surface area contributed by atoms with Crippen LogP contribution in [0, 0.1) is 0 Å². The van der Waals surface area contributed by atoms with E-state index in [1.165, 1.54) is 11.1 Å². The smallest absolute Gasteiger partial charge is 0.314 e. The Morgan fingerprint density at radius 2 is 1.72 bits per heavy atom. The van der Waals surface area contributed by atoms with Crippen LogP contribution < -0.4 is 10.6 Å². The quantitative estimate of drug-likeness (QED) is 0.832. The molecule has 1 rings (SSSR count). The van der Waals surface area contributed by atoms with Crippen LogP contribution in [0.2, 0.25) is 0 Å². The fourth-order valence-electron chi connectivity index (χ4n) is 1.76. The number of amides is 2. The molecular weight excluding hydrogens is 224 g/mol. The fraction of sp³-hybridized carbons (Fsp3) is 0.400. The van der Waals surface area contributed by atoms with Crippen molar-refractivity contribution < 1.29 is 4.79 Å². The van der Waals surface area contributed by atoms with Crippen LogP contribution in [0.3, 0.4) is 0 Å². The molecule has 0 atom stereocenters. The average molecular weight is 246 g/mol. The lowest BCUT2D eigenvalue weighted by Crippen LogP contribution is -2.25. The molecule has 0 bridgehead atoms. The number of rotatable bonds is 4. The molecular formula is C15H22N2O. The van der Waals surface area contributed by atoms with E-state index in [4.69, 9.17) is 0 Å². The second-order valence-corrected chi connectivity index (χ2v) is 4.48. The lowest BCUT2D eigenvalue weighted by molar-refractivity contribution is 0.255. The summed E-state index contributed by atoms with van der Waals surface area (Å²) in [6.07, 6.45) is 3.52. The zero-order chi connectivity index (χ0) is 13.5. The van der Waals surface area contributed by atoms with Crippen molar-refractivity contribution in [3.63, 3.8) is 0 Å². The first kappa shape index (κ1) is 14.3. The van der Waals surface area contributed by atoms with Crippen LogP contribution in [-0.2, 0) is 12.8 Å². The van der Waals surface area contributed by atoms with Gasteiger partial charge < -0.3 is 10.6 Å². The van der Waals surface area contributed by atoms with E-state index in [9.17, 15) is 4.79 Å². The van der Waals surface area contributed by atoms with Gasteiger partial charge >= 0.3 is 6.03 Å². The minimum atomic E-state index is -0.188. The van der Waals surface area contributed by atoms with Crippen molar-refractivity contribution in [3.8, 4) is 0 Å². The Morgan fingerprint density at radius 3 is 2.17 bits per heavy atom. The van der Waals surface area contributed by atoms with Gasteiger partial charge in [-0.05, 0) is 37.8 Å². The number of nitrogens with one attached hydrogen (secondary N) is 2. The number of para-hydroxylation sites is 1. The molecule has 2 amide bonds. The van der Waals surface area contributed by atoms with Crippen LogP contribution in [0.1, 0.15) is 38.8 Å². The van der Waals surface area contributed by atoms with Crippen molar-refractivity contribution in [2.45, 2.75) is 40.5 Å².